The van der Waals surface area contributed by atoms with E-state index in [4.69, 9.17) is 9.47 Å². The monoisotopic (exact) mass is 564 g/mol. The van der Waals surface area contributed by atoms with Crippen molar-refractivity contribution in [1.82, 2.24) is 0 Å². The molecule has 0 saturated carbocycles. The molecule has 8 heteroatoms. The van der Waals surface area contributed by atoms with Gasteiger partial charge in [0.25, 0.3) is 0 Å². The van der Waals surface area contributed by atoms with Crippen LogP contribution in [0.1, 0.15) is 92.4 Å². The van der Waals surface area contributed by atoms with E-state index in [0.29, 0.717) is 24.0 Å². The number of allylic oxidation sites excluding steroid dienone is 4. The molecule has 2 rings (SSSR count). The zero-order valence-electron chi connectivity index (χ0n) is 25.1. The van der Waals surface area contributed by atoms with Crippen LogP contribution in [0.4, 0.5) is 0 Å². The van der Waals surface area contributed by atoms with Crippen LogP contribution in [0.25, 0.3) is 0 Å². The highest BCUT2D eigenvalue weighted by molar-refractivity contribution is 5.87. The average Bonchev–Trinajstić information content (AvgIpc) is 3.61. The van der Waals surface area contributed by atoms with Gasteiger partial charge in [0.15, 0.2) is 5.78 Å². The average molecular weight is 565 g/mol. The summed E-state index contributed by atoms with van der Waals surface area (Å²) in [6.45, 7) is 13.4. The number of esters is 1. The smallest absolute Gasteiger partial charge is 0.333 e. The van der Waals surface area contributed by atoms with Crippen LogP contribution in [-0.2, 0) is 19.1 Å². The molecule has 40 heavy (non-hydrogen) atoms. The maximum atomic E-state index is 12.6. The maximum Gasteiger partial charge on any atom is 0.333 e. The van der Waals surface area contributed by atoms with Gasteiger partial charge in [0.1, 0.15) is 12.7 Å². The van der Waals surface area contributed by atoms with Gasteiger partial charge >= 0.3 is 5.97 Å². The molecule has 0 bridgehead atoms. The second-order valence-electron chi connectivity index (χ2n) is 12.3. The second kappa shape index (κ2) is 16.6. The third-order valence-electron chi connectivity index (χ3n) is 8.21. The summed E-state index contributed by atoms with van der Waals surface area (Å²) in [5.41, 5.74) is 2.56. The molecule has 0 aromatic carbocycles. The number of aliphatic hydroxyl groups is 4. The van der Waals surface area contributed by atoms with E-state index in [1.54, 1.807) is 13.8 Å². The molecule has 9 atom stereocenters. The molecule has 228 valence electrons. The van der Waals surface area contributed by atoms with Crippen LogP contribution in [-0.4, -0.2) is 75.4 Å². The molecule has 2 aliphatic rings. The van der Waals surface area contributed by atoms with Crippen LogP contribution in [0.15, 0.2) is 35.5 Å². The van der Waals surface area contributed by atoms with Crippen LogP contribution in [0.2, 0.25) is 0 Å². The van der Waals surface area contributed by atoms with E-state index in [9.17, 15) is 30.0 Å². The minimum atomic E-state index is -1.68. The first kappa shape index (κ1) is 34.4. The predicted octanol–water partition coefficient (Wildman–Crippen LogP) is 4.19. The number of carbonyl (C=O) groups is 2. The van der Waals surface area contributed by atoms with Gasteiger partial charge < -0.3 is 29.9 Å². The Hall–Kier alpha value is -1.84. The Morgan fingerprint density at radius 3 is 2.30 bits per heavy atom. The molecule has 0 spiro atoms. The number of cyclic esters (lactones) is 1. The Bertz CT molecular complexity index is 909. The van der Waals surface area contributed by atoms with Crippen LogP contribution >= 0.6 is 0 Å². The number of rotatable bonds is 0. The molecule has 0 aromatic heterocycles. The van der Waals surface area contributed by atoms with Gasteiger partial charge in [-0.2, -0.15) is 0 Å². The molecule has 1 fully saturated rings. The van der Waals surface area contributed by atoms with Crippen molar-refractivity contribution in [3.05, 3.63) is 35.5 Å². The van der Waals surface area contributed by atoms with Crippen molar-refractivity contribution >= 4 is 11.8 Å². The van der Waals surface area contributed by atoms with Crippen molar-refractivity contribution in [2.24, 2.45) is 17.8 Å². The molecule has 2 heterocycles. The Morgan fingerprint density at radius 2 is 1.60 bits per heavy atom. The fraction of sp³-hybridized carbons (Fsp3) is 0.750. The molecule has 8 nitrogen and oxygen atoms in total. The van der Waals surface area contributed by atoms with Gasteiger partial charge in [-0.3, -0.25) is 4.79 Å². The number of Topliss-reactive ketones (excluding diaryl/α,β-unsaturated/α-hetero) is 1. The van der Waals surface area contributed by atoms with E-state index in [-0.39, 0.29) is 31.5 Å². The van der Waals surface area contributed by atoms with Crippen molar-refractivity contribution in [2.45, 2.75) is 129 Å². The van der Waals surface area contributed by atoms with Gasteiger partial charge in [0, 0.05) is 12.0 Å². The molecule has 1 saturated heterocycles. The Kier molecular flexibility index (Phi) is 14.2. The number of hydrogen-bond donors (Lipinski definition) is 4. The first-order chi connectivity index (χ1) is 18.8. The maximum absolute atomic E-state index is 12.6. The highest BCUT2D eigenvalue weighted by Gasteiger charge is 2.38. The lowest BCUT2D eigenvalue weighted by molar-refractivity contribution is -0.143. The number of carbonyl (C=O) groups excluding carboxylic acids is 2. The summed E-state index contributed by atoms with van der Waals surface area (Å²) in [5.74, 6) is -1.37. The summed E-state index contributed by atoms with van der Waals surface area (Å²) >= 11 is 0. The normalized spacial score (nSPS) is 40.0. The van der Waals surface area contributed by atoms with E-state index in [1.807, 2.05) is 19.9 Å². The van der Waals surface area contributed by atoms with Gasteiger partial charge in [0.05, 0.1) is 30.5 Å². The zero-order valence-corrected chi connectivity index (χ0v) is 25.1. The summed E-state index contributed by atoms with van der Waals surface area (Å²) in [4.78, 5) is 24.9. The zero-order chi connectivity index (χ0) is 30.0. The summed E-state index contributed by atoms with van der Waals surface area (Å²) < 4.78 is 11.1. The molecule has 4 N–H and O–H groups in total. The number of epoxide rings is 1. The summed E-state index contributed by atoms with van der Waals surface area (Å²) in [6.07, 6.45) is 5.00. The largest absolute Gasteiger partial charge is 0.460 e. The van der Waals surface area contributed by atoms with E-state index in [2.05, 4.69) is 19.6 Å². The Morgan fingerprint density at radius 1 is 0.900 bits per heavy atom. The molecular weight excluding hydrogens is 512 g/mol. The first-order valence-corrected chi connectivity index (χ1v) is 14.9. The lowest BCUT2D eigenvalue weighted by Gasteiger charge is -2.26. The fourth-order valence-electron chi connectivity index (χ4n) is 5.44. The van der Waals surface area contributed by atoms with Crippen LogP contribution in [0, 0.1) is 17.8 Å². The van der Waals surface area contributed by atoms with Crippen LogP contribution < -0.4 is 0 Å². The standard InChI is InChI=1S/C32H52O8/c1-19-12-20(2)14-29-28(40-29)11-9-7-8-10-21(3)32(38)39-18-26(34)16-24(6)30(36)31(37)27(35)17-25(33)15-23(5)22(4)13-19/h10,13,20,23-26,28-31,33-34,36-37H,1,7-9,11-12,14-18H2,2-6H3/b21-10+,22-13+/t20-,23+,24-,25+,26-,28+,29+,30+,31+/m1/s1. The van der Waals surface area contributed by atoms with Crippen molar-refractivity contribution in [3.63, 3.8) is 0 Å². The predicted molar refractivity (Wildman–Crippen MR) is 154 cm³/mol. The Balaban J connectivity index is 2.04. The lowest BCUT2D eigenvalue weighted by atomic mass is 9.88. The van der Waals surface area contributed by atoms with Crippen molar-refractivity contribution in [1.29, 1.82) is 0 Å². The van der Waals surface area contributed by atoms with Crippen molar-refractivity contribution in [2.75, 3.05) is 6.61 Å². The highest BCUT2D eigenvalue weighted by Crippen LogP contribution is 2.34. The summed E-state index contributed by atoms with van der Waals surface area (Å²) in [6, 6.07) is 0. The summed E-state index contributed by atoms with van der Waals surface area (Å²) in [5, 5.41) is 41.8. The number of aliphatic hydroxyl groups excluding tert-OH is 4. The van der Waals surface area contributed by atoms with Gasteiger partial charge in [0.2, 0.25) is 0 Å². The quantitative estimate of drug-likeness (QED) is 0.254. The van der Waals surface area contributed by atoms with Crippen molar-refractivity contribution in [3.8, 4) is 0 Å². The van der Waals surface area contributed by atoms with Gasteiger partial charge in [-0.15, -0.1) is 0 Å². The molecule has 0 aromatic rings. The minimum absolute atomic E-state index is 0.00520. The van der Waals surface area contributed by atoms with E-state index in [0.717, 1.165) is 49.7 Å². The van der Waals surface area contributed by atoms with Crippen LogP contribution in [0.3, 0.4) is 0 Å². The Labute approximate surface area is 240 Å². The topological polar surface area (TPSA) is 137 Å². The minimum Gasteiger partial charge on any atom is -0.460 e. The van der Waals surface area contributed by atoms with Gasteiger partial charge in [-0.25, -0.2) is 4.79 Å². The molecule has 0 unspecified atom stereocenters. The first-order valence-electron chi connectivity index (χ1n) is 14.9. The highest BCUT2D eigenvalue weighted by atomic mass is 16.6. The molecule has 2 aliphatic heterocycles. The second-order valence-corrected chi connectivity index (χ2v) is 12.3. The number of fused-ring (bicyclic) bond motifs is 1. The van der Waals surface area contributed by atoms with Crippen molar-refractivity contribution < 1.29 is 39.5 Å². The van der Waals surface area contributed by atoms with E-state index >= 15 is 0 Å². The number of ether oxygens (including phenoxy) is 2. The van der Waals surface area contributed by atoms with Gasteiger partial charge in [-0.1, -0.05) is 57.1 Å². The van der Waals surface area contributed by atoms with Crippen LogP contribution in [0.5, 0.6) is 0 Å². The lowest BCUT2D eigenvalue weighted by Crippen LogP contribution is -2.41. The SMILES string of the molecule is C=C1/C=C(\C)[C@@H](C)C[C@H](O)CC(=O)[C@H](O)[C@@H](O)[C@H](C)C[C@@H](O)COC(=O)/C(C)=C/CCCC[C@@H]2O[C@H]2C[C@H](C)C1. The third-order valence-corrected chi connectivity index (χ3v) is 8.21. The van der Waals surface area contributed by atoms with E-state index in [1.165, 1.54) is 0 Å². The molecule has 0 amide bonds. The molecule has 0 radical (unpaired) electrons. The number of ketones is 1. The summed E-state index contributed by atoms with van der Waals surface area (Å²) in [7, 11) is 0. The number of hydrogen-bond acceptors (Lipinski definition) is 8. The van der Waals surface area contributed by atoms with Gasteiger partial charge in [-0.05, 0) is 76.5 Å². The fourth-order valence-corrected chi connectivity index (χ4v) is 5.44. The van der Waals surface area contributed by atoms with E-state index < -0.39 is 42.1 Å². The third kappa shape index (κ3) is 12.0. The molecule has 0 aliphatic carbocycles. The molecular formula is C32H52O8.